The molecule has 1 aromatic heterocycles. The zero-order chi connectivity index (χ0) is 11.4. The molecule has 1 saturated heterocycles. The van der Waals surface area contributed by atoms with Crippen LogP contribution in [0.25, 0.3) is 0 Å². The monoisotopic (exact) mass is 243 g/mol. The van der Waals surface area contributed by atoms with Crippen LogP contribution in [0.4, 0.5) is 0 Å². The summed E-state index contributed by atoms with van der Waals surface area (Å²) in [5.74, 6) is 0.724. The molecule has 1 fully saturated rings. The molecule has 0 aliphatic carbocycles. The number of aromatic nitrogens is 2. The molecular weight excluding hydrogens is 226 g/mol. The van der Waals surface area contributed by atoms with Crippen molar-refractivity contribution in [1.82, 2.24) is 14.7 Å². The van der Waals surface area contributed by atoms with Crippen molar-refractivity contribution in [2.75, 3.05) is 26.8 Å². The Morgan fingerprint density at radius 3 is 2.81 bits per heavy atom. The predicted octanol–water partition coefficient (Wildman–Crippen LogP) is 1.85. The molecule has 1 aliphatic rings. The molecule has 0 N–H and O–H groups in total. The third kappa shape index (κ3) is 3.20. The number of nitrogens with zero attached hydrogens (tertiary/aromatic N) is 3. The van der Waals surface area contributed by atoms with E-state index in [1.54, 1.807) is 13.3 Å². The summed E-state index contributed by atoms with van der Waals surface area (Å²) in [7, 11) is 1.78. The Labute approximate surface area is 101 Å². The Hall–Kier alpha value is -0.580. The summed E-state index contributed by atoms with van der Waals surface area (Å²) in [5, 5.41) is 4.89. The average Bonchev–Trinajstić information content (AvgIpc) is 2.67. The van der Waals surface area contributed by atoms with Crippen LogP contribution in [0, 0.1) is 5.92 Å². The first-order chi connectivity index (χ1) is 7.78. The first-order valence-electron chi connectivity index (χ1n) is 5.67. The maximum absolute atomic E-state index is 5.82. The summed E-state index contributed by atoms with van der Waals surface area (Å²) < 4.78 is 7.07. The fourth-order valence-corrected chi connectivity index (χ4v) is 2.31. The van der Waals surface area contributed by atoms with Crippen molar-refractivity contribution in [3.8, 4) is 0 Å². The molecule has 0 radical (unpaired) electrons. The van der Waals surface area contributed by atoms with Crippen LogP contribution in [0.1, 0.15) is 12.8 Å². The van der Waals surface area contributed by atoms with E-state index in [9.17, 15) is 0 Å². The second-order valence-corrected chi connectivity index (χ2v) is 4.79. The number of likely N-dealkylation sites (tertiary alicyclic amines) is 1. The van der Waals surface area contributed by atoms with Crippen LogP contribution in [0.2, 0.25) is 5.02 Å². The van der Waals surface area contributed by atoms with Crippen LogP contribution >= 0.6 is 11.6 Å². The maximum atomic E-state index is 5.82. The molecule has 4 nitrogen and oxygen atoms in total. The highest BCUT2D eigenvalue weighted by molar-refractivity contribution is 6.30. The molecule has 0 amide bonds. The van der Waals surface area contributed by atoms with E-state index in [0.717, 1.165) is 32.3 Å². The lowest BCUT2D eigenvalue weighted by atomic mass is 9.98. The van der Waals surface area contributed by atoms with Gasteiger partial charge < -0.3 is 4.74 Å². The van der Waals surface area contributed by atoms with Crippen LogP contribution in [0.3, 0.4) is 0 Å². The van der Waals surface area contributed by atoms with Crippen molar-refractivity contribution in [2.45, 2.75) is 19.5 Å². The van der Waals surface area contributed by atoms with Gasteiger partial charge in [-0.05, 0) is 18.8 Å². The van der Waals surface area contributed by atoms with Crippen molar-refractivity contribution in [3.05, 3.63) is 17.4 Å². The van der Waals surface area contributed by atoms with E-state index in [1.165, 1.54) is 12.8 Å². The third-order valence-electron chi connectivity index (χ3n) is 3.06. The van der Waals surface area contributed by atoms with Gasteiger partial charge in [0.25, 0.3) is 0 Å². The van der Waals surface area contributed by atoms with Crippen molar-refractivity contribution in [3.63, 3.8) is 0 Å². The number of hydrogen-bond acceptors (Lipinski definition) is 3. The van der Waals surface area contributed by atoms with Crippen LogP contribution in [0.15, 0.2) is 12.4 Å². The molecule has 2 heterocycles. The summed E-state index contributed by atoms with van der Waals surface area (Å²) in [6.45, 7) is 3.96. The topological polar surface area (TPSA) is 30.3 Å². The largest absolute Gasteiger partial charge is 0.384 e. The van der Waals surface area contributed by atoms with Crippen molar-refractivity contribution in [1.29, 1.82) is 0 Å². The van der Waals surface area contributed by atoms with Gasteiger partial charge in [0, 0.05) is 33.0 Å². The summed E-state index contributed by atoms with van der Waals surface area (Å²) in [6, 6.07) is 0. The van der Waals surface area contributed by atoms with Gasteiger partial charge in [-0.1, -0.05) is 11.6 Å². The van der Waals surface area contributed by atoms with Crippen molar-refractivity contribution >= 4 is 11.6 Å². The third-order valence-corrected chi connectivity index (χ3v) is 3.25. The molecule has 5 heteroatoms. The Morgan fingerprint density at radius 2 is 2.25 bits per heavy atom. The highest BCUT2D eigenvalue weighted by atomic mass is 35.5. The molecule has 0 bridgehead atoms. The van der Waals surface area contributed by atoms with E-state index in [1.807, 2.05) is 10.9 Å². The molecule has 16 heavy (non-hydrogen) atoms. The molecule has 0 saturated carbocycles. The van der Waals surface area contributed by atoms with Gasteiger partial charge in [-0.3, -0.25) is 9.58 Å². The van der Waals surface area contributed by atoms with Gasteiger partial charge in [0.1, 0.15) is 0 Å². The van der Waals surface area contributed by atoms with E-state index in [0.29, 0.717) is 5.02 Å². The quantitative estimate of drug-likeness (QED) is 0.809. The maximum Gasteiger partial charge on any atom is 0.0929 e. The Balaban J connectivity index is 1.77. The minimum Gasteiger partial charge on any atom is -0.384 e. The van der Waals surface area contributed by atoms with Gasteiger partial charge in [0.15, 0.2) is 0 Å². The number of halogens is 1. The molecule has 0 atom stereocenters. The van der Waals surface area contributed by atoms with E-state index < -0.39 is 0 Å². The SMILES string of the molecule is COCC1CCN(Cn2cc(Cl)cn2)CC1. The van der Waals surface area contributed by atoms with Gasteiger partial charge in [0.2, 0.25) is 0 Å². The van der Waals surface area contributed by atoms with Gasteiger partial charge in [0.05, 0.1) is 17.9 Å². The van der Waals surface area contributed by atoms with Gasteiger partial charge in [-0.15, -0.1) is 0 Å². The van der Waals surface area contributed by atoms with Gasteiger partial charge in [-0.25, -0.2) is 0 Å². The summed E-state index contributed by atoms with van der Waals surface area (Å²) in [6.07, 6.45) is 5.97. The smallest absolute Gasteiger partial charge is 0.0929 e. The Morgan fingerprint density at radius 1 is 1.50 bits per heavy atom. The number of methoxy groups -OCH3 is 1. The molecule has 1 aromatic rings. The molecule has 1 aliphatic heterocycles. The zero-order valence-electron chi connectivity index (χ0n) is 9.60. The lowest BCUT2D eigenvalue weighted by Gasteiger charge is -2.31. The molecule has 90 valence electrons. The molecule has 0 aromatic carbocycles. The number of piperidine rings is 1. The summed E-state index contributed by atoms with van der Waals surface area (Å²) in [4.78, 5) is 2.40. The minimum absolute atomic E-state index is 0.703. The van der Waals surface area contributed by atoms with E-state index in [4.69, 9.17) is 16.3 Å². The van der Waals surface area contributed by atoms with Crippen LogP contribution in [0.5, 0.6) is 0 Å². The fourth-order valence-electron chi connectivity index (χ4n) is 2.15. The molecular formula is C11H18ClN3O. The van der Waals surface area contributed by atoms with Crippen molar-refractivity contribution in [2.24, 2.45) is 5.92 Å². The van der Waals surface area contributed by atoms with Crippen molar-refractivity contribution < 1.29 is 4.74 Å². The van der Waals surface area contributed by atoms with Crippen LogP contribution in [-0.4, -0.2) is 41.5 Å². The predicted molar refractivity (Wildman–Crippen MR) is 63.4 cm³/mol. The highest BCUT2D eigenvalue weighted by Crippen LogP contribution is 2.17. The Bertz CT molecular complexity index is 321. The van der Waals surface area contributed by atoms with Crippen LogP contribution in [-0.2, 0) is 11.4 Å². The second-order valence-electron chi connectivity index (χ2n) is 4.36. The normalized spacial score (nSPS) is 19.1. The first-order valence-corrected chi connectivity index (χ1v) is 6.05. The zero-order valence-corrected chi connectivity index (χ0v) is 10.4. The fraction of sp³-hybridized carbons (Fsp3) is 0.727. The van der Waals surface area contributed by atoms with E-state index >= 15 is 0 Å². The number of rotatable bonds is 4. The van der Waals surface area contributed by atoms with E-state index in [-0.39, 0.29) is 0 Å². The van der Waals surface area contributed by atoms with Gasteiger partial charge in [-0.2, -0.15) is 5.10 Å². The molecule has 2 rings (SSSR count). The number of hydrogen-bond donors (Lipinski definition) is 0. The highest BCUT2D eigenvalue weighted by Gasteiger charge is 2.19. The second kappa shape index (κ2) is 5.66. The summed E-state index contributed by atoms with van der Waals surface area (Å²) in [5.41, 5.74) is 0. The lowest BCUT2D eigenvalue weighted by molar-refractivity contribution is 0.0841. The molecule has 0 unspecified atom stereocenters. The first kappa shape index (κ1) is 11.9. The van der Waals surface area contributed by atoms with Gasteiger partial charge >= 0.3 is 0 Å². The Kier molecular flexibility index (Phi) is 4.21. The average molecular weight is 244 g/mol. The van der Waals surface area contributed by atoms with Crippen LogP contribution < -0.4 is 0 Å². The summed E-state index contributed by atoms with van der Waals surface area (Å²) >= 11 is 5.82. The number of ether oxygens (including phenoxy) is 1. The van der Waals surface area contributed by atoms with E-state index in [2.05, 4.69) is 10.00 Å². The minimum atomic E-state index is 0.703. The standard InChI is InChI=1S/C11H18ClN3O/c1-16-8-10-2-4-14(5-3-10)9-15-7-11(12)6-13-15/h6-7,10H,2-5,8-9H2,1H3. The lowest BCUT2D eigenvalue weighted by Crippen LogP contribution is -2.36. The molecule has 0 spiro atoms.